The van der Waals surface area contributed by atoms with Crippen molar-refractivity contribution in [1.82, 2.24) is 4.98 Å². The van der Waals surface area contributed by atoms with E-state index < -0.39 is 0 Å². The van der Waals surface area contributed by atoms with E-state index in [1.165, 1.54) is 6.20 Å². The van der Waals surface area contributed by atoms with E-state index in [0.29, 0.717) is 16.8 Å². The average molecular weight is 288 g/mol. The van der Waals surface area contributed by atoms with Crippen LogP contribution in [-0.4, -0.2) is 4.98 Å². The van der Waals surface area contributed by atoms with Gasteiger partial charge in [0, 0.05) is 5.56 Å². The predicted octanol–water partition coefficient (Wildman–Crippen LogP) is 4.73. The number of nitriles is 1. The third-order valence-corrected chi connectivity index (χ3v) is 3.57. The fourth-order valence-electron chi connectivity index (χ4n) is 2.36. The van der Waals surface area contributed by atoms with Crippen LogP contribution in [0.3, 0.4) is 0 Å². The summed E-state index contributed by atoms with van der Waals surface area (Å²) < 4.78 is 13.3. The van der Waals surface area contributed by atoms with E-state index in [-0.39, 0.29) is 5.82 Å². The van der Waals surface area contributed by atoms with Crippen LogP contribution in [0, 0.1) is 24.1 Å². The molecular formula is C19H13FN2. The summed E-state index contributed by atoms with van der Waals surface area (Å²) in [6, 6.07) is 19.3. The lowest BCUT2D eigenvalue weighted by Gasteiger charge is -2.08. The van der Waals surface area contributed by atoms with Crippen molar-refractivity contribution in [2.24, 2.45) is 0 Å². The Labute approximate surface area is 128 Å². The fourth-order valence-corrected chi connectivity index (χ4v) is 2.36. The van der Waals surface area contributed by atoms with Crippen molar-refractivity contribution in [2.75, 3.05) is 0 Å². The summed E-state index contributed by atoms with van der Waals surface area (Å²) >= 11 is 0. The molecular weight excluding hydrogens is 275 g/mol. The Balaban J connectivity index is 2.09. The van der Waals surface area contributed by atoms with Gasteiger partial charge in [-0.05, 0) is 35.7 Å². The molecule has 1 aromatic heterocycles. The van der Waals surface area contributed by atoms with Crippen LogP contribution < -0.4 is 0 Å². The Kier molecular flexibility index (Phi) is 3.67. The number of pyridine rings is 1. The lowest BCUT2D eigenvalue weighted by Crippen LogP contribution is -1.91. The minimum absolute atomic E-state index is 0.329. The predicted molar refractivity (Wildman–Crippen MR) is 84.5 cm³/mol. The first-order chi connectivity index (χ1) is 10.7. The van der Waals surface area contributed by atoms with E-state index in [4.69, 9.17) is 0 Å². The van der Waals surface area contributed by atoms with Crippen LogP contribution in [0.1, 0.15) is 11.1 Å². The monoisotopic (exact) mass is 288 g/mol. The van der Waals surface area contributed by atoms with Gasteiger partial charge in [0.15, 0.2) is 0 Å². The van der Waals surface area contributed by atoms with Crippen molar-refractivity contribution in [3.8, 4) is 28.5 Å². The Morgan fingerprint density at radius 1 is 1.00 bits per heavy atom. The summed E-state index contributed by atoms with van der Waals surface area (Å²) in [4.78, 5) is 4.10. The van der Waals surface area contributed by atoms with Crippen LogP contribution in [0.15, 0.2) is 60.8 Å². The van der Waals surface area contributed by atoms with Crippen molar-refractivity contribution in [3.63, 3.8) is 0 Å². The highest BCUT2D eigenvalue weighted by atomic mass is 19.1. The highest BCUT2D eigenvalue weighted by Crippen LogP contribution is 2.28. The van der Waals surface area contributed by atoms with Crippen molar-refractivity contribution < 1.29 is 4.39 Å². The molecule has 0 fully saturated rings. The molecule has 0 aliphatic heterocycles. The Hall–Kier alpha value is -2.99. The SMILES string of the molecule is Cc1cc(-c2ccc(-c3ccccc3)c(C#N)c2)ncc1F. The maximum absolute atomic E-state index is 13.3. The molecule has 2 nitrogen and oxygen atoms in total. The molecule has 0 bridgehead atoms. The Morgan fingerprint density at radius 3 is 2.45 bits per heavy atom. The van der Waals surface area contributed by atoms with E-state index in [2.05, 4.69) is 11.1 Å². The van der Waals surface area contributed by atoms with E-state index in [1.54, 1.807) is 19.1 Å². The van der Waals surface area contributed by atoms with Crippen LogP contribution in [0.2, 0.25) is 0 Å². The normalized spacial score (nSPS) is 10.2. The molecule has 1 heterocycles. The van der Waals surface area contributed by atoms with Crippen LogP contribution in [0.25, 0.3) is 22.4 Å². The smallest absolute Gasteiger partial charge is 0.144 e. The molecule has 22 heavy (non-hydrogen) atoms. The van der Waals surface area contributed by atoms with Gasteiger partial charge in [-0.2, -0.15) is 5.26 Å². The van der Waals surface area contributed by atoms with Crippen molar-refractivity contribution in [1.29, 1.82) is 5.26 Å². The lowest BCUT2D eigenvalue weighted by molar-refractivity contribution is 0.612. The van der Waals surface area contributed by atoms with Crippen LogP contribution in [-0.2, 0) is 0 Å². The molecule has 0 N–H and O–H groups in total. The molecule has 0 saturated carbocycles. The maximum Gasteiger partial charge on any atom is 0.144 e. The Bertz CT molecular complexity index is 864. The van der Waals surface area contributed by atoms with Gasteiger partial charge in [0.1, 0.15) is 5.82 Å². The first kappa shape index (κ1) is 14.0. The van der Waals surface area contributed by atoms with Gasteiger partial charge in [0.25, 0.3) is 0 Å². The fraction of sp³-hybridized carbons (Fsp3) is 0.0526. The zero-order valence-corrected chi connectivity index (χ0v) is 12.0. The minimum Gasteiger partial charge on any atom is -0.253 e. The average Bonchev–Trinajstić information content (AvgIpc) is 2.57. The van der Waals surface area contributed by atoms with Crippen molar-refractivity contribution in [3.05, 3.63) is 77.7 Å². The molecule has 0 aliphatic rings. The number of aryl methyl sites for hydroxylation is 1. The molecule has 0 amide bonds. The van der Waals surface area contributed by atoms with Gasteiger partial charge in [0.05, 0.1) is 23.5 Å². The quantitative estimate of drug-likeness (QED) is 0.683. The number of nitrogens with zero attached hydrogens (tertiary/aromatic N) is 2. The summed E-state index contributed by atoms with van der Waals surface area (Å²) in [6.45, 7) is 1.70. The van der Waals surface area contributed by atoms with Gasteiger partial charge < -0.3 is 0 Å². The lowest BCUT2D eigenvalue weighted by atomic mass is 9.97. The first-order valence-corrected chi connectivity index (χ1v) is 6.91. The van der Waals surface area contributed by atoms with Gasteiger partial charge >= 0.3 is 0 Å². The van der Waals surface area contributed by atoms with Crippen molar-refractivity contribution in [2.45, 2.75) is 6.92 Å². The molecule has 0 radical (unpaired) electrons. The van der Waals surface area contributed by atoms with Gasteiger partial charge in [0.2, 0.25) is 0 Å². The highest BCUT2D eigenvalue weighted by Gasteiger charge is 2.09. The first-order valence-electron chi connectivity index (χ1n) is 6.91. The van der Waals surface area contributed by atoms with E-state index >= 15 is 0 Å². The molecule has 0 unspecified atom stereocenters. The minimum atomic E-state index is -0.329. The third-order valence-electron chi connectivity index (χ3n) is 3.57. The van der Waals surface area contributed by atoms with Gasteiger partial charge in [-0.15, -0.1) is 0 Å². The maximum atomic E-state index is 13.3. The zero-order valence-electron chi connectivity index (χ0n) is 12.0. The second-order valence-electron chi connectivity index (χ2n) is 5.06. The number of rotatable bonds is 2. The topological polar surface area (TPSA) is 36.7 Å². The number of halogens is 1. The summed E-state index contributed by atoms with van der Waals surface area (Å²) in [5.41, 5.74) is 4.46. The second kappa shape index (κ2) is 5.79. The standard InChI is InChI=1S/C19H13FN2/c1-13-9-19(22-12-18(13)20)15-7-8-17(16(10-15)11-21)14-5-3-2-4-6-14/h2-10,12H,1H3. The molecule has 0 saturated heterocycles. The molecule has 0 atom stereocenters. The Morgan fingerprint density at radius 2 is 1.77 bits per heavy atom. The van der Waals surface area contributed by atoms with Crippen LogP contribution in [0.4, 0.5) is 4.39 Å². The van der Waals surface area contributed by atoms with E-state index in [0.717, 1.165) is 16.7 Å². The second-order valence-corrected chi connectivity index (χ2v) is 5.06. The largest absolute Gasteiger partial charge is 0.253 e. The molecule has 0 spiro atoms. The number of hydrogen-bond acceptors (Lipinski definition) is 2. The molecule has 2 aromatic carbocycles. The van der Waals surface area contributed by atoms with Gasteiger partial charge in [-0.25, -0.2) is 4.39 Å². The molecule has 3 heteroatoms. The summed E-state index contributed by atoms with van der Waals surface area (Å²) in [5, 5.41) is 9.42. The molecule has 3 aromatic rings. The van der Waals surface area contributed by atoms with Crippen molar-refractivity contribution >= 4 is 0 Å². The van der Waals surface area contributed by atoms with E-state index in [9.17, 15) is 9.65 Å². The van der Waals surface area contributed by atoms with E-state index in [1.807, 2.05) is 42.5 Å². The highest BCUT2D eigenvalue weighted by molar-refractivity contribution is 5.75. The number of hydrogen-bond donors (Lipinski definition) is 0. The molecule has 0 aliphatic carbocycles. The van der Waals surface area contributed by atoms with Gasteiger partial charge in [-0.1, -0.05) is 42.5 Å². The zero-order chi connectivity index (χ0) is 15.5. The van der Waals surface area contributed by atoms with Crippen LogP contribution >= 0.6 is 0 Å². The summed E-state index contributed by atoms with van der Waals surface area (Å²) in [6.07, 6.45) is 1.21. The van der Waals surface area contributed by atoms with Gasteiger partial charge in [-0.3, -0.25) is 4.98 Å². The molecule has 106 valence electrons. The third kappa shape index (κ3) is 2.59. The summed E-state index contributed by atoms with van der Waals surface area (Å²) in [7, 11) is 0. The summed E-state index contributed by atoms with van der Waals surface area (Å²) in [5.74, 6) is -0.329. The number of benzene rings is 2. The number of aromatic nitrogens is 1. The molecule has 3 rings (SSSR count). The van der Waals surface area contributed by atoms with Crippen LogP contribution in [0.5, 0.6) is 0 Å².